The molecule has 0 radical (unpaired) electrons. The molecule has 0 aromatic heterocycles. The van der Waals surface area contributed by atoms with Gasteiger partial charge in [0.2, 0.25) is 0 Å². The van der Waals surface area contributed by atoms with E-state index in [4.69, 9.17) is 14.3 Å². The van der Waals surface area contributed by atoms with Gasteiger partial charge in [0.1, 0.15) is 6.61 Å². The average molecular weight is 436 g/mol. The Balaban J connectivity index is 1.41. The number of nitrogens with zero attached hydrogens (tertiary/aromatic N) is 1. The van der Waals surface area contributed by atoms with Crippen LogP contribution < -0.4 is 10.4 Å². The summed E-state index contributed by atoms with van der Waals surface area (Å²) >= 11 is 0. The van der Waals surface area contributed by atoms with E-state index in [1.807, 2.05) is 24.1 Å². The summed E-state index contributed by atoms with van der Waals surface area (Å²) in [5.74, 6) is 0. The van der Waals surface area contributed by atoms with Crippen LogP contribution in [-0.4, -0.2) is 26.0 Å². The minimum Gasteiger partial charge on any atom is -0.443 e. The number of hydrogen-bond acceptors (Lipinski definition) is 5. The highest BCUT2D eigenvalue weighted by Gasteiger charge is 2.57. The monoisotopic (exact) mass is 436 g/mol. The number of alkyl halides is 3. The number of fused-ring (bicyclic) bond motifs is 3. The predicted octanol–water partition coefficient (Wildman–Crippen LogP) is 4.52. The van der Waals surface area contributed by atoms with E-state index in [0.29, 0.717) is 18.6 Å². The van der Waals surface area contributed by atoms with E-state index >= 15 is 0 Å². The second kappa shape index (κ2) is 8.05. The topological polar surface area (TPSA) is 60.0 Å². The summed E-state index contributed by atoms with van der Waals surface area (Å²) in [4.78, 5) is 20.1. The van der Waals surface area contributed by atoms with Gasteiger partial charge in [0, 0.05) is 24.7 Å². The fourth-order valence-corrected chi connectivity index (χ4v) is 4.28. The summed E-state index contributed by atoms with van der Waals surface area (Å²) in [5.41, 5.74) is 4.30. The zero-order valence-electron chi connectivity index (χ0n) is 17.2. The summed E-state index contributed by atoms with van der Waals surface area (Å²) in [6.45, 7) is 2.37. The lowest BCUT2D eigenvalue weighted by atomic mass is 9.91. The van der Waals surface area contributed by atoms with Crippen LogP contribution in [0, 0.1) is 0 Å². The number of hydrogen-bond donors (Lipinski definition) is 1. The number of carbonyl (C=O) groups excluding carboxylic acids is 1. The number of halogens is 3. The second-order valence-electron chi connectivity index (χ2n) is 7.62. The van der Waals surface area contributed by atoms with E-state index in [-0.39, 0.29) is 12.8 Å². The Bertz CT molecular complexity index is 964. The molecule has 2 aromatic carbocycles. The Labute approximate surface area is 177 Å². The van der Waals surface area contributed by atoms with Crippen LogP contribution in [0.25, 0.3) is 0 Å². The van der Waals surface area contributed by atoms with E-state index in [2.05, 4.69) is 18.5 Å². The number of ether oxygens (including phenoxy) is 2. The molecule has 2 aliphatic rings. The van der Waals surface area contributed by atoms with E-state index in [1.165, 1.54) is 12.1 Å². The highest BCUT2D eigenvalue weighted by atomic mass is 19.4. The van der Waals surface area contributed by atoms with Crippen molar-refractivity contribution in [3.63, 3.8) is 0 Å². The van der Waals surface area contributed by atoms with Crippen molar-refractivity contribution >= 4 is 11.8 Å². The molecule has 4 rings (SSSR count). The fraction of sp³-hybridized carbons (Fsp3) is 0.409. The Morgan fingerprint density at radius 1 is 1.26 bits per heavy atom. The molecule has 2 aromatic rings. The van der Waals surface area contributed by atoms with Gasteiger partial charge in [-0.2, -0.15) is 18.7 Å². The lowest BCUT2D eigenvalue weighted by Crippen LogP contribution is -2.46. The lowest BCUT2D eigenvalue weighted by molar-refractivity contribution is -0.137. The molecule has 166 valence electrons. The summed E-state index contributed by atoms with van der Waals surface area (Å²) in [7, 11) is 1.93. The van der Waals surface area contributed by atoms with E-state index in [9.17, 15) is 18.0 Å². The number of para-hydroxylation sites is 1. The molecule has 1 amide bonds. The van der Waals surface area contributed by atoms with Gasteiger partial charge in [-0.15, -0.1) is 0 Å². The molecule has 2 atom stereocenters. The Morgan fingerprint density at radius 2 is 2.00 bits per heavy atom. The van der Waals surface area contributed by atoms with Gasteiger partial charge in [-0.25, -0.2) is 4.79 Å². The Kier molecular flexibility index (Phi) is 5.57. The maximum absolute atomic E-state index is 12.6. The number of carbonyl (C=O) groups is 1. The number of amides is 1. The van der Waals surface area contributed by atoms with Crippen molar-refractivity contribution in [2.24, 2.45) is 0 Å². The van der Waals surface area contributed by atoms with Crippen molar-refractivity contribution in [2.45, 2.75) is 44.4 Å². The smallest absolute Gasteiger partial charge is 0.431 e. The molecule has 2 aliphatic heterocycles. The van der Waals surface area contributed by atoms with Crippen LogP contribution in [0.3, 0.4) is 0 Å². The third-order valence-corrected chi connectivity index (χ3v) is 5.78. The molecule has 31 heavy (non-hydrogen) atoms. The fourth-order valence-electron chi connectivity index (χ4n) is 4.28. The molecule has 0 spiro atoms. The molecule has 0 bridgehead atoms. The van der Waals surface area contributed by atoms with Crippen LogP contribution in [0.5, 0.6) is 0 Å². The molecule has 0 aliphatic carbocycles. The SMILES string of the molecule is CCc1cccc2c1N(C)C1OCCC21ONC(=O)OCc1ccc(C(F)(F)F)cc1. The van der Waals surface area contributed by atoms with Gasteiger partial charge in [0.15, 0.2) is 11.8 Å². The van der Waals surface area contributed by atoms with Gasteiger partial charge in [0.05, 0.1) is 12.2 Å². The van der Waals surface area contributed by atoms with Crippen molar-refractivity contribution in [1.82, 2.24) is 5.48 Å². The summed E-state index contributed by atoms with van der Waals surface area (Å²) < 4.78 is 48.9. The quantitative estimate of drug-likeness (QED) is 0.699. The largest absolute Gasteiger partial charge is 0.443 e. The van der Waals surface area contributed by atoms with Gasteiger partial charge < -0.3 is 14.4 Å². The lowest BCUT2D eigenvalue weighted by Gasteiger charge is -2.29. The van der Waals surface area contributed by atoms with Crippen LogP contribution in [0.2, 0.25) is 0 Å². The second-order valence-corrected chi connectivity index (χ2v) is 7.62. The number of hydroxylamine groups is 1. The third-order valence-electron chi connectivity index (χ3n) is 5.78. The summed E-state index contributed by atoms with van der Waals surface area (Å²) in [6.07, 6.45) is -4.22. The molecule has 1 fully saturated rings. The van der Waals surface area contributed by atoms with Crippen molar-refractivity contribution in [1.29, 1.82) is 0 Å². The van der Waals surface area contributed by atoms with Crippen molar-refractivity contribution in [3.8, 4) is 0 Å². The first-order valence-corrected chi connectivity index (χ1v) is 10.00. The normalized spacial score (nSPS) is 22.2. The van der Waals surface area contributed by atoms with Crippen LogP contribution >= 0.6 is 0 Å². The van der Waals surface area contributed by atoms with Gasteiger partial charge >= 0.3 is 12.3 Å². The van der Waals surface area contributed by atoms with Gasteiger partial charge in [-0.1, -0.05) is 37.3 Å². The first-order chi connectivity index (χ1) is 14.8. The number of likely N-dealkylation sites (N-methyl/N-ethyl adjacent to an activating group) is 1. The molecular formula is C22H23F3N2O4. The number of rotatable bonds is 5. The minimum atomic E-state index is -4.41. The maximum atomic E-state index is 12.6. The first kappa shape index (κ1) is 21.5. The number of nitrogens with one attached hydrogen (secondary N) is 1. The standard InChI is InChI=1S/C22H23F3N2O4/c1-3-15-5-4-6-17-18(15)27(2)19-21(17,11-12-29-19)31-26-20(28)30-13-14-7-9-16(10-8-14)22(23,24)25/h4-10,19H,3,11-13H2,1-2H3,(H,26,28). The Morgan fingerprint density at radius 3 is 2.68 bits per heavy atom. The highest BCUT2D eigenvalue weighted by molar-refractivity contribution is 5.68. The zero-order valence-corrected chi connectivity index (χ0v) is 17.2. The van der Waals surface area contributed by atoms with Gasteiger partial charge in [-0.3, -0.25) is 4.84 Å². The number of anilines is 1. The molecule has 6 nitrogen and oxygen atoms in total. The minimum absolute atomic E-state index is 0.184. The third kappa shape index (κ3) is 3.83. The Hall–Kier alpha value is -2.78. The predicted molar refractivity (Wildman–Crippen MR) is 106 cm³/mol. The summed E-state index contributed by atoms with van der Waals surface area (Å²) in [6, 6.07) is 10.4. The van der Waals surface area contributed by atoms with Crippen LogP contribution in [0.15, 0.2) is 42.5 Å². The van der Waals surface area contributed by atoms with E-state index < -0.39 is 23.4 Å². The van der Waals surface area contributed by atoms with Crippen molar-refractivity contribution in [3.05, 3.63) is 64.7 Å². The first-order valence-electron chi connectivity index (χ1n) is 10.00. The molecule has 2 heterocycles. The molecule has 9 heteroatoms. The number of benzene rings is 2. The summed E-state index contributed by atoms with van der Waals surface area (Å²) in [5, 5.41) is 0. The molecule has 0 saturated carbocycles. The highest BCUT2D eigenvalue weighted by Crippen LogP contribution is 2.52. The van der Waals surface area contributed by atoms with E-state index in [0.717, 1.165) is 35.4 Å². The van der Waals surface area contributed by atoms with E-state index in [1.54, 1.807) is 0 Å². The van der Waals surface area contributed by atoms with Gasteiger partial charge in [0.25, 0.3) is 0 Å². The molecular weight excluding hydrogens is 413 g/mol. The van der Waals surface area contributed by atoms with Crippen LogP contribution in [0.4, 0.5) is 23.7 Å². The molecule has 1 saturated heterocycles. The van der Waals surface area contributed by atoms with Crippen LogP contribution in [-0.2, 0) is 39.1 Å². The average Bonchev–Trinajstić information content (AvgIpc) is 3.28. The molecule has 2 unspecified atom stereocenters. The number of aryl methyl sites for hydroxylation is 1. The molecule has 1 N–H and O–H groups in total. The maximum Gasteiger partial charge on any atom is 0.431 e. The van der Waals surface area contributed by atoms with Gasteiger partial charge in [-0.05, 0) is 29.7 Å². The zero-order chi connectivity index (χ0) is 22.2. The van der Waals surface area contributed by atoms with Crippen molar-refractivity contribution < 1.29 is 32.3 Å². The van der Waals surface area contributed by atoms with Crippen LogP contribution in [0.1, 0.15) is 35.6 Å². The van der Waals surface area contributed by atoms with Crippen molar-refractivity contribution in [2.75, 3.05) is 18.6 Å².